The molecule has 0 amide bonds. The van der Waals surface area contributed by atoms with Gasteiger partial charge in [0.05, 0.1) is 9.73 Å². The van der Waals surface area contributed by atoms with Crippen molar-refractivity contribution in [1.82, 2.24) is 9.97 Å². The number of alkyl halides is 1. The van der Waals surface area contributed by atoms with Crippen molar-refractivity contribution in [3.8, 4) is 0 Å². The summed E-state index contributed by atoms with van der Waals surface area (Å²) in [6.45, 7) is 4.20. The number of thioether (sulfide) groups is 1. The summed E-state index contributed by atoms with van der Waals surface area (Å²) < 4.78 is 0. The predicted molar refractivity (Wildman–Crippen MR) is 89.0 cm³/mol. The molecule has 0 saturated heterocycles. The number of nitrogens with zero attached hydrogens (tertiary/aromatic N) is 3. The standard InChI is InChI=1S/C14H17BrN4OS/c1-14(2)5-7(20)10-8(11(14)15)18-9-12(19(3)4)16-6-17-13(9)21-10/h6,11,18H,5H2,1-4H3/t11-/m1/s1. The number of carbonyl (C=O) groups is 1. The lowest BCUT2D eigenvalue weighted by Crippen LogP contribution is -2.38. The van der Waals surface area contributed by atoms with Crippen molar-refractivity contribution in [3.63, 3.8) is 0 Å². The first kappa shape index (κ1) is 14.8. The van der Waals surface area contributed by atoms with E-state index in [4.69, 9.17) is 0 Å². The third-order valence-electron chi connectivity index (χ3n) is 3.73. The van der Waals surface area contributed by atoms with E-state index < -0.39 is 0 Å². The number of fused-ring (bicyclic) bond motifs is 1. The molecular weight excluding hydrogens is 352 g/mol. The molecule has 112 valence electrons. The molecule has 21 heavy (non-hydrogen) atoms. The van der Waals surface area contributed by atoms with Crippen LogP contribution in [0.1, 0.15) is 20.3 Å². The monoisotopic (exact) mass is 368 g/mol. The number of halogens is 1. The van der Waals surface area contributed by atoms with Crippen LogP contribution in [-0.4, -0.2) is 34.7 Å². The quantitative estimate of drug-likeness (QED) is 0.607. The maximum Gasteiger partial charge on any atom is 0.171 e. The van der Waals surface area contributed by atoms with Crippen LogP contribution in [0, 0.1) is 5.41 Å². The van der Waals surface area contributed by atoms with Crippen LogP contribution in [0.4, 0.5) is 11.5 Å². The molecule has 0 aromatic carbocycles. The first-order valence-corrected chi connectivity index (χ1v) is 8.43. The normalized spacial score (nSPS) is 23.3. The number of Topliss-reactive ketones (excluding diaryl/α,β-unsaturated/α-hetero) is 1. The zero-order valence-electron chi connectivity index (χ0n) is 12.4. The summed E-state index contributed by atoms with van der Waals surface area (Å²) in [4.78, 5) is 23.9. The molecule has 1 aliphatic carbocycles. The first-order valence-electron chi connectivity index (χ1n) is 6.70. The summed E-state index contributed by atoms with van der Waals surface area (Å²) in [5.41, 5.74) is 1.70. The highest BCUT2D eigenvalue weighted by atomic mass is 79.9. The highest BCUT2D eigenvalue weighted by Crippen LogP contribution is 2.51. The third-order valence-corrected chi connectivity index (χ3v) is 6.58. The number of allylic oxidation sites excluding steroid dienone is 2. The fraction of sp³-hybridized carbons (Fsp3) is 0.500. The van der Waals surface area contributed by atoms with E-state index >= 15 is 0 Å². The van der Waals surface area contributed by atoms with Gasteiger partial charge in [0.1, 0.15) is 17.0 Å². The van der Waals surface area contributed by atoms with Gasteiger partial charge in [-0.25, -0.2) is 9.97 Å². The Morgan fingerprint density at radius 2 is 2.14 bits per heavy atom. The minimum Gasteiger partial charge on any atom is -0.361 e. The Hall–Kier alpha value is -1.08. The summed E-state index contributed by atoms with van der Waals surface area (Å²) in [6.07, 6.45) is 2.08. The summed E-state index contributed by atoms with van der Waals surface area (Å²) >= 11 is 5.20. The molecule has 0 saturated carbocycles. The zero-order valence-corrected chi connectivity index (χ0v) is 14.8. The minimum absolute atomic E-state index is 0.105. The van der Waals surface area contributed by atoms with Gasteiger partial charge in [0.25, 0.3) is 0 Å². The van der Waals surface area contributed by atoms with Crippen molar-refractivity contribution in [1.29, 1.82) is 0 Å². The van der Waals surface area contributed by atoms with Crippen molar-refractivity contribution in [3.05, 3.63) is 16.9 Å². The summed E-state index contributed by atoms with van der Waals surface area (Å²) in [5.74, 6) is 1.01. The number of carbonyl (C=O) groups excluding carboxylic acids is 1. The highest BCUT2D eigenvalue weighted by molar-refractivity contribution is 9.09. The number of ketones is 1. The van der Waals surface area contributed by atoms with Crippen LogP contribution in [0.15, 0.2) is 22.0 Å². The van der Waals surface area contributed by atoms with E-state index in [9.17, 15) is 4.79 Å². The van der Waals surface area contributed by atoms with E-state index in [1.54, 1.807) is 0 Å². The van der Waals surface area contributed by atoms with Crippen LogP contribution < -0.4 is 10.2 Å². The van der Waals surface area contributed by atoms with E-state index in [1.165, 1.54) is 18.1 Å². The van der Waals surface area contributed by atoms with E-state index in [-0.39, 0.29) is 16.0 Å². The summed E-state index contributed by atoms with van der Waals surface area (Å²) in [6, 6.07) is 0. The van der Waals surface area contributed by atoms with Crippen molar-refractivity contribution < 1.29 is 4.79 Å². The van der Waals surface area contributed by atoms with Gasteiger partial charge in [-0.2, -0.15) is 0 Å². The van der Waals surface area contributed by atoms with Gasteiger partial charge in [0.2, 0.25) is 0 Å². The Bertz CT molecular complexity index is 656. The van der Waals surface area contributed by atoms with Gasteiger partial charge in [-0.1, -0.05) is 41.5 Å². The van der Waals surface area contributed by atoms with Crippen LogP contribution in [0.2, 0.25) is 0 Å². The molecule has 0 spiro atoms. The molecule has 2 aliphatic rings. The molecule has 1 aromatic heterocycles. The lowest BCUT2D eigenvalue weighted by atomic mass is 9.78. The molecule has 7 heteroatoms. The van der Waals surface area contributed by atoms with Gasteiger partial charge in [-0.3, -0.25) is 4.79 Å². The Kier molecular flexibility index (Phi) is 3.52. The molecule has 1 aliphatic heterocycles. The van der Waals surface area contributed by atoms with Gasteiger partial charge in [-0.05, 0) is 5.41 Å². The summed E-state index contributed by atoms with van der Waals surface area (Å²) in [7, 11) is 3.89. The molecule has 3 rings (SSSR count). The lowest BCUT2D eigenvalue weighted by Gasteiger charge is -2.39. The zero-order chi connectivity index (χ0) is 15.4. The Balaban J connectivity index is 2.09. The molecule has 0 fully saturated rings. The molecule has 0 unspecified atom stereocenters. The lowest BCUT2D eigenvalue weighted by molar-refractivity contribution is -0.117. The topological polar surface area (TPSA) is 58.1 Å². The van der Waals surface area contributed by atoms with Crippen molar-refractivity contribution in [2.75, 3.05) is 24.3 Å². The Labute approximate surface area is 136 Å². The van der Waals surface area contributed by atoms with Crippen LogP contribution in [0.25, 0.3) is 0 Å². The average Bonchev–Trinajstić information content (AvgIpc) is 2.42. The number of nitrogens with one attached hydrogen (secondary N) is 1. The average molecular weight is 369 g/mol. The van der Waals surface area contributed by atoms with E-state index in [1.807, 2.05) is 19.0 Å². The molecule has 0 bridgehead atoms. The van der Waals surface area contributed by atoms with Crippen LogP contribution in [0.3, 0.4) is 0 Å². The van der Waals surface area contributed by atoms with Crippen LogP contribution in [-0.2, 0) is 4.79 Å². The van der Waals surface area contributed by atoms with Gasteiger partial charge in [0, 0.05) is 26.2 Å². The summed E-state index contributed by atoms with van der Waals surface area (Å²) in [5, 5.41) is 4.21. The SMILES string of the molecule is CN(C)c1ncnc2c1NC1=C(S2)C(=O)CC(C)(C)[C@@H]1Br. The molecular formula is C14H17BrN4OS. The first-order chi connectivity index (χ1) is 9.81. The number of aromatic nitrogens is 2. The van der Waals surface area contributed by atoms with Crippen molar-refractivity contribution >= 4 is 45.0 Å². The molecule has 2 heterocycles. The van der Waals surface area contributed by atoms with Crippen LogP contribution in [0.5, 0.6) is 0 Å². The highest BCUT2D eigenvalue weighted by Gasteiger charge is 2.43. The smallest absolute Gasteiger partial charge is 0.171 e. The second-order valence-electron chi connectivity index (χ2n) is 6.19. The van der Waals surface area contributed by atoms with Crippen molar-refractivity contribution in [2.45, 2.75) is 30.1 Å². The molecule has 0 radical (unpaired) electrons. The van der Waals surface area contributed by atoms with Crippen LogP contribution >= 0.6 is 27.7 Å². The number of rotatable bonds is 1. The van der Waals surface area contributed by atoms with E-state index in [2.05, 4.69) is 45.1 Å². The second kappa shape index (κ2) is 4.98. The maximum atomic E-state index is 12.4. The maximum absolute atomic E-state index is 12.4. The number of anilines is 2. The fourth-order valence-electron chi connectivity index (χ4n) is 2.59. The second-order valence-corrected chi connectivity index (χ2v) is 8.11. The van der Waals surface area contributed by atoms with Gasteiger partial charge in [0.15, 0.2) is 11.6 Å². The van der Waals surface area contributed by atoms with Gasteiger partial charge in [-0.15, -0.1) is 0 Å². The van der Waals surface area contributed by atoms with E-state index in [0.717, 1.165) is 27.1 Å². The predicted octanol–water partition coefficient (Wildman–Crippen LogP) is 3.03. The van der Waals surface area contributed by atoms with Gasteiger partial charge >= 0.3 is 0 Å². The molecule has 1 atom stereocenters. The fourth-order valence-corrected chi connectivity index (χ4v) is 4.25. The van der Waals surface area contributed by atoms with Crippen molar-refractivity contribution in [2.24, 2.45) is 5.41 Å². The van der Waals surface area contributed by atoms with Gasteiger partial charge < -0.3 is 10.2 Å². The Morgan fingerprint density at radius 1 is 1.43 bits per heavy atom. The molecule has 5 nitrogen and oxygen atoms in total. The third kappa shape index (κ3) is 2.36. The number of hydrogen-bond acceptors (Lipinski definition) is 6. The molecule has 1 aromatic rings. The van der Waals surface area contributed by atoms with E-state index in [0.29, 0.717) is 6.42 Å². The Morgan fingerprint density at radius 3 is 2.81 bits per heavy atom. The minimum atomic E-state index is -0.116. The molecule has 1 N–H and O–H groups in total. The largest absolute Gasteiger partial charge is 0.361 e. The number of hydrogen-bond donors (Lipinski definition) is 1.